The summed E-state index contributed by atoms with van der Waals surface area (Å²) >= 11 is 1.85. The molecular formula is C22H20N2OS. The summed E-state index contributed by atoms with van der Waals surface area (Å²) in [5, 5.41) is 3.10. The van der Waals surface area contributed by atoms with Crippen molar-refractivity contribution >= 4 is 29.0 Å². The van der Waals surface area contributed by atoms with Crippen LogP contribution in [0.3, 0.4) is 0 Å². The Balaban J connectivity index is 1.52. The molecule has 1 amide bonds. The highest BCUT2D eigenvalue weighted by molar-refractivity contribution is 7.99. The first-order valence-corrected chi connectivity index (χ1v) is 9.71. The van der Waals surface area contributed by atoms with Crippen LogP contribution in [0.4, 0.5) is 11.4 Å². The minimum Gasteiger partial charge on any atom is -0.360 e. The quantitative estimate of drug-likeness (QED) is 0.718. The Bertz CT molecular complexity index is 911. The molecule has 0 bridgehead atoms. The van der Waals surface area contributed by atoms with E-state index >= 15 is 0 Å². The second-order valence-corrected chi connectivity index (χ2v) is 7.33. The molecule has 0 spiro atoms. The molecule has 0 atom stereocenters. The molecule has 0 aromatic heterocycles. The van der Waals surface area contributed by atoms with Gasteiger partial charge in [-0.2, -0.15) is 0 Å². The van der Waals surface area contributed by atoms with Crippen LogP contribution in [-0.2, 0) is 4.79 Å². The molecule has 0 saturated carbocycles. The van der Waals surface area contributed by atoms with Gasteiger partial charge in [0.2, 0.25) is 5.91 Å². The van der Waals surface area contributed by atoms with E-state index in [4.69, 9.17) is 0 Å². The SMILES string of the molecule is O=C(CN1CCSc2ccccc21)Nc1ccccc1-c1ccccc1. The summed E-state index contributed by atoms with van der Waals surface area (Å²) in [5.41, 5.74) is 4.14. The molecule has 0 fully saturated rings. The number of benzene rings is 3. The summed E-state index contributed by atoms with van der Waals surface area (Å²) in [4.78, 5) is 16.1. The van der Waals surface area contributed by atoms with E-state index in [1.165, 1.54) is 4.90 Å². The fraction of sp³-hybridized carbons (Fsp3) is 0.136. The second kappa shape index (κ2) is 7.67. The molecule has 0 aliphatic carbocycles. The summed E-state index contributed by atoms with van der Waals surface area (Å²) in [6.07, 6.45) is 0. The van der Waals surface area contributed by atoms with Crippen molar-refractivity contribution < 1.29 is 4.79 Å². The maximum atomic E-state index is 12.7. The Hall–Kier alpha value is -2.72. The maximum absolute atomic E-state index is 12.7. The van der Waals surface area contributed by atoms with E-state index in [0.717, 1.165) is 34.8 Å². The van der Waals surface area contributed by atoms with Gasteiger partial charge in [-0.25, -0.2) is 0 Å². The highest BCUT2D eigenvalue weighted by Crippen LogP contribution is 2.34. The van der Waals surface area contributed by atoms with Crippen LogP contribution < -0.4 is 10.2 Å². The van der Waals surface area contributed by atoms with Gasteiger partial charge in [0.05, 0.1) is 12.2 Å². The minimum atomic E-state index is 0.00934. The van der Waals surface area contributed by atoms with Crippen molar-refractivity contribution in [2.24, 2.45) is 0 Å². The van der Waals surface area contributed by atoms with Crippen LogP contribution in [-0.4, -0.2) is 24.7 Å². The van der Waals surface area contributed by atoms with Gasteiger partial charge in [-0.15, -0.1) is 11.8 Å². The number of amides is 1. The van der Waals surface area contributed by atoms with Gasteiger partial charge in [0.1, 0.15) is 0 Å². The molecule has 1 heterocycles. The fourth-order valence-corrected chi connectivity index (χ4v) is 4.27. The van der Waals surface area contributed by atoms with Crippen molar-refractivity contribution in [2.75, 3.05) is 29.1 Å². The molecule has 3 aromatic rings. The third-order valence-corrected chi connectivity index (χ3v) is 5.49. The number of carbonyl (C=O) groups excluding carboxylic acids is 1. The van der Waals surface area contributed by atoms with Crippen molar-refractivity contribution in [3.8, 4) is 11.1 Å². The number of fused-ring (bicyclic) bond motifs is 1. The zero-order valence-corrected chi connectivity index (χ0v) is 15.2. The van der Waals surface area contributed by atoms with Gasteiger partial charge >= 0.3 is 0 Å². The fourth-order valence-electron chi connectivity index (χ4n) is 3.22. The van der Waals surface area contributed by atoms with Gasteiger partial charge < -0.3 is 10.2 Å². The Kier molecular flexibility index (Phi) is 4.93. The molecule has 1 aliphatic heterocycles. The van der Waals surface area contributed by atoms with E-state index in [9.17, 15) is 4.79 Å². The van der Waals surface area contributed by atoms with Gasteiger partial charge in [-0.1, -0.05) is 60.7 Å². The molecule has 3 aromatic carbocycles. The van der Waals surface area contributed by atoms with Gasteiger partial charge in [0.15, 0.2) is 0 Å². The molecule has 0 radical (unpaired) electrons. The average Bonchev–Trinajstić information content (AvgIpc) is 2.69. The Morgan fingerprint density at radius 1 is 0.923 bits per heavy atom. The van der Waals surface area contributed by atoms with Gasteiger partial charge in [-0.05, 0) is 23.8 Å². The lowest BCUT2D eigenvalue weighted by atomic mass is 10.0. The van der Waals surface area contributed by atoms with Crippen LogP contribution in [0.2, 0.25) is 0 Å². The van der Waals surface area contributed by atoms with E-state index in [2.05, 4.69) is 34.5 Å². The Morgan fingerprint density at radius 2 is 1.65 bits per heavy atom. The normalized spacial score (nSPS) is 13.2. The highest BCUT2D eigenvalue weighted by Gasteiger charge is 2.19. The monoisotopic (exact) mass is 360 g/mol. The average molecular weight is 360 g/mol. The molecule has 4 rings (SSSR count). The van der Waals surface area contributed by atoms with E-state index in [-0.39, 0.29) is 5.91 Å². The number of thioether (sulfide) groups is 1. The Morgan fingerprint density at radius 3 is 2.54 bits per heavy atom. The Labute approximate surface area is 158 Å². The van der Waals surface area contributed by atoms with Crippen molar-refractivity contribution in [3.63, 3.8) is 0 Å². The summed E-state index contributed by atoms with van der Waals surface area (Å²) < 4.78 is 0. The van der Waals surface area contributed by atoms with Crippen LogP contribution in [0, 0.1) is 0 Å². The molecule has 1 N–H and O–H groups in total. The summed E-state index contributed by atoms with van der Waals surface area (Å²) in [7, 11) is 0. The predicted octanol–water partition coefficient (Wildman–Crippen LogP) is 4.90. The minimum absolute atomic E-state index is 0.00934. The first-order chi connectivity index (χ1) is 12.8. The first-order valence-electron chi connectivity index (χ1n) is 8.72. The largest absolute Gasteiger partial charge is 0.360 e. The molecule has 26 heavy (non-hydrogen) atoms. The van der Waals surface area contributed by atoms with Crippen LogP contribution >= 0.6 is 11.8 Å². The summed E-state index contributed by atoms with van der Waals surface area (Å²) in [6, 6.07) is 26.4. The van der Waals surface area contributed by atoms with Gasteiger partial charge in [0.25, 0.3) is 0 Å². The van der Waals surface area contributed by atoms with E-state index in [0.29, 0.717) is 6.54 Å². The van der Waals surface area contributed by atoms with E-state index < -0.39 is 0 Å². The lowest BCUT2D eigenvalue weighted by Gasteiger charge is -2.30. The number of rotatable bonds is 4. The number of nitrogens with zero attached hydrogens (tertiary/aromatic N) is 1. The number of carbonyl (C=O) groups is 1. The molecule has 130 valence electrons. The number of para-hydroxylation sites is 2. The standard InChI is InChI=1S/C22H20N2OS/c25-22(16-24-14-15-26-21-13-7-6-12-20(21)24)23-19-11-5-4-10-18(19)17-8-2-1-3-9-17/h1-13H,14-16H2,(H,23,25). The number of nitrogens with one attached hydrogen (secondary N) is 1. The molecule has 0 saturated heterocycles. The molecule has 1 aliphatic rings. The van der Waals surface area contributed by atoms with Crippen LogP contribution in [0.5, 0.6) is 0 Å². The smallest absolute Gasteiger partial charge is 0.243 e. The number of anilines is 2. The highest BCUT2D eigenvalue weighted by atomic mass is 32.2. The van der Waals surface area contributed by atoms with Crippen molar-refractivity contribution in [1.29, 1.82) is 0 Å². The van der Waals surface area contributed by atoms with Crippen LogP contribution in [0.15, 0.2) is 83.8 Å². The lowest BCUT2D eigenvalue weighted by Crippen LogP contribution is -2.36. The van der Waals surface area contributed by atoms with Gasteiger partial charge in [0, 0.05) is 28.4 Å². The summed E-state index contributed by atoms with van der Waals surface area (Å²) in [5.74, 6) is 1.01. The second-order valence-electron chi connectivity index (χ2n) is 6.20. The van der Waals surface area contributed by atoms with Crippen LogP contribution in [0.1, 0.15) is 0 Å². The third kappa shape index (κ3) is 3.60. The van der Waals surface area contributed by atoms with E-state index in [1.807, 2.05) is 66.4 Å². The topological polar surface area (TPSA) is 32.3 Å². The van der Waals surface area contributed by atoms with E-state index in [1.54, 1.807) is 0 Å². The van der Waals surface area contributed by atoms with Gasteiger partial charge in [-0.3, -0.25) is 4.79 Å². The van der Waals surface area contributed by atoms with Crippen molar-refractivity contribution in [3.05, 3.63) is 78.9 Å². The number of hydrogen-bond acceptors (Lipinski definition) is 3. The zero-order chi connectivity index (χ0) is 17.8. The lowest BCUT2D eigenvalue weighted by molar-refractivity contribution is -0.115. The molecule has 3 nitrogen and oxygen atoms in total. The summed E-state index contributed by atoms with van der Waals surface area (Å²) in [6.45, 7) is 1.25. The molecular weight excluding hydrogens is 340 g/mol. The first kappa shape index (κ1) is 16.7. The third-order valence-electron chi connectivity index (χ3n) is 4.45. The zero-order valence-electron chi connectivity index (χ0n) is 14.4. The molecule has 0 unspecified atom stereocenters. The van der Waals surface area contributed by atoms with Crippen molar-refractivity contribution in [2.45, 2.75) is 4.90 Å². The van der Waals surface area contributed by atoms with Crippen molar-refractivity contribution in [1.82, 2.24) is 0 Å². The number of hydrogen-bond donors (Lipinski definition) is 1. The molecule has 4 heteroatoms. The predicted molar refractivity (Wildman–Crippen MR) is 110 cm³/mol. The van der Waals surface area contributed by atoms with Crippen LogP contribution in [0.25, 0.3) is 11.1 Å². The maximum Gasteiger partial charge on any atom is 0.243 e.